The van der Waals surface area contributed by atoms with E-state index in [9.17, 15) is 4.79 Å². The largest absolute Gasteiger partial charge is 0.469 e. The number of nitrogens with one attached hydrogen (secondary N) is 1. The molecular weight excluding hydrogens is 421 g/mol. The van der Waals surface area contributed by atoms with Gasteiger partial charge in [-0.05, 0) is 12.8 Å². The predicted octanol–water partition coefficient (Wildman–Crippen LogP) is 2.12. The van der Waals surface area contributed by atoms with Crippen LogP contribution in [0.1, 0.15) is 44.4 Å². The minimum atomic E-state index is -0.249. The number of halogens is 1. The van der Waals surface area contributed by atoms with E-state index >= 15 is 0 Å². The lowest BCUT2D eigenvalue weighted by molar-refractivity contribution is -0.140. The van der Waals surface area contributed by atoms with Crippen molar-refractivity contribution in [2.75, 3.05) is 27.2 Å². The summed E-state index contributed by atoms with van der Waals surface area (Å²) >= 11 is 0. The maximum absolute atomic E-state index is 11.2. The number of hydrogen-bond acceptors (Lipinski definition) is 4. The van der Waals surface area contributed by atoms with Crippen molar-refractivity contribution in [2.24, 2.45) is 12.0 Å². The first kappa shape index (κ1) is 22.7. The Morgan fingerprint density at radius 2 is 2.17 bits per heavy atom. The quantitative estimate of drug-likeness (QED) is 0.298. The lowest BCUT2D eigenvalue weighted by Gasteiger charge is -2.22. The molecule has 0 aliphatic carbocycles. The van der Waals surface area contributed by atoms with E-state index in [2.05, 4.69) is 34.0 Å². The van der Waals surface area contributed by atoms with E-state index in [4.69, 9.17) is 0 Å². The number of aryl methyl sites for hydroxylation is 1. The average molecular weight is 451 g/mol. The van der Waals surface area contributed by atoms with E-state index in [-0.39, 0.29) is 36.4 Å². The molecule has 24 heavy (non-hydrogen) atoms. The number of carbonyl (C=O) groups is 1. The molecule has 0 spiro atoms. The highest BCUT2D eigenvalue weighted by Crippen LogP contribution is 2.18. The second-order valence-corrected chi connectivity index (χ2v) is 5.79. The summed E-state index contributed by atoms with van der Waals surface area (Å²) in [6.07, 6.45) is 2.33. The zero-order valence-electron chi connectivity index (χ0n) is 15.5. The number of esters is 1. The van der Waals surface area contributed by atoms with Gasteiger partial charge in [0.15, 0.2) is 5.96 Å². The summed E-state index contributed by atoms with van der Waals surface area (Å²) in [5.74, 6) is 0.898. The third-order valence-corrected chi connectivity index (χ3v) is 3.39. The summed E-state index contributed by atoms with van der Waals surface area (Å²) in [6.45, 7) is 8.19. The molecule has 0 unspecified atom stereocenters. The van der Waals surface area contributed by atoms with Gasteiger partial charge in [0, 0.05) is 38.9 Å². The summed E-state index contributed by atoms with van der Waals surface area (Å²) < 4.78 is 6.49. The second kappa shape index (κ2) is 11.3. The van der Waals surface area contributed by atoms with Crippen molar-refractivity contribution in [1.29, 1.82) is 0 Å². The molecule has 0 atom stereocenters. The van der Waals surface area contributed by atoms with Crippen molar-refractivity contribution in [2.45, 2.75) is 39.7 Å². The fourth-order valence-electron chi connectivity index (χ4n) is 2.32. The van der Waals surface area contributed by atoms with Crippen LogP contribution in [-0.4, -0.2) is 53.9 Å². The number of methoxy groups -OCH3 is 1. The Labute approximate surface area is 161 Å². The molecule has 0 aliphatic heterocycles. The fourth-order valence-corrected chi connectivity index (χ4v) is 2.32. The Hall–Kier alpha value is -1.32. The number of hydrogen-bond donors (Lipinski definition) is 1. The minimum Gasteiger partial charge on any atom is -0.469 e. The number of guanidine groups is 1. The SMILES string of the molecule is CCNC(=NCCC(=O)OC)N(C)Cc1cn(C)nc1C(C)C.I. The Bertz CT molecular complexity index is 543. The van der Waals surface area contributed by atoms with Gasteiger partial charge < -0.3 is 15.0 Å². The van der Waals surface area contributed by atoms with Crippen LogP contribution in [0.15, 0.2) is 11.2 Å². The molecule has 0 aliphatic rings. The van der Waals surface area contributed by atoms with Crippen LogP contribution in [0.4, 0.5) is 0 Å². The first-order valence-corrected chi connectivity index (χ1v) is 7.97. The molecule has 1 rings (SSSR count). The molecule has 8 heteroatoms. The molecule has 1 aromatic rings. The van der Waals surface area contributed by atoms with E-state index in [0.29, 0.717) is 19.0 Å². The highest BCUT2D eigenvalue weighted by atomic mass is 127. The van der Waals surface area contributed by atoms with E-state index in [1.165, 1.54) is 12.7 Å². The Morgan fingerprint density at radius 3 is 2.71 bits per heavy atom. The lowest BCUT2D eigenvalue weighted by atomic mass is 10.1. The average Bonchev–Trinajstić information content (AvgIpc) is 2.86. The summed E-state index contributed by atoms with van der Waals surface area (Å²) in [4.78, 5) is 17.7. The van der Waals surface area contributed by atoms with Crippen LogP contribution < -0.4 is 5.32 Å². The number of aliphatic imine (C=N–C) groups is 1. The third-order valence-electron chi connectivity index (χ3n) is 3.39. The summed E-state index contributed by atoms with van der Waals surface area (Å²) in [5, 5.41) is 7.78. The normalized spacial score (nSPS) is 11.2. The van der Waals surface area contributed by atoms with Crippen LogP contribution in [-0.2, 0) is 23.1 Å². The van der Waals surface area contributed by atoms with Gasteiger partial charge in [0.25, 0.3) is 0 Å². The highest BCUT2D eigenvalue weighted by Gasteiger charge is 2.15. The predicted molar refractivity (Wildman–Crippen MR) is 107 cm³/mol. The molecule has 1 N–H and O–H groups in total. The van der Waals surface area contributed by atoms with Crippen LogP contribution in [0, 0.1) is 0 Å². The first-order chi connectivity index (χ1) is 10.9. The number of aromatic nitrogens is 2. The molecule has 1 aromatic heterocycles. The van der Waals surface area contributed by atoms with Gasteiger partial charge in [-0.3, -0.25) is 14.5 Å². The summed E-state index contributed by atoms with van der Waals surface area (Å²) in [7, 11) is 5.31. The van der Waals surface area contributed by atoms with Crippen LogP contribution >= 0.6 is 24.0 Å². The van der Waals surface area contributed by atoms with E-state index in [1.54, 1.807) is 0 Å². The lowest BCUT2D eigenvalue weighted by Crippen LogP contribution is -2.38. The van der Waals surface area contributed by atoms with E-state index in [0.717, 1.165) is 18.2 Å². The molecule has 1 heterocycles. The van der Waals surface area contributed by atoms with Crippen molar-refractivity contribution >= 4 is 35.9 Å². The van der Waals surface area contributed by atoms with Crippen LogP contribution in [0.3, 0.4) is 0 Å². The third kappa shape index (κ3) is 7.06. The van der Waals surface area contributed by atoms with Gasteiger partial charge in [0.2, 0.25) is 0 Å². The smallest absolute Gasteiger partial charge is 0.307 e. The van der Waals surface area contributed by atoms with Crippen molar-refractivity contribution < 1.29 is 9.53 Å². The number of carbonyl (C=O) groups excluding carboxylic acids is 1. The summed E-state index contributed by atoms with van der Waals surface area (Å²) in [5.41, 5.74) is 2.29. The number of nitrogens with zero attached hydrogens (tertiary/aromatic N) is 4. The van der Waals surface area contributed by atoms with Crippen LogP contribution in [0.2, 0.25) is 0 Å². The second-order valence-electron chi connectivity index (χ2n) is 5.79. The maximum Gasteiger partial charge on any atom is 0.307 e. The molecule has 0 bridgehead atoms. The van der Waals surface area contributed by atoms with Gasteiger partial charge in [-0.2, -0.15) is 5.10 Å². The Morgan fingerprint density at radius 1 is 1.50 bits per heavy atom. The molecule has 0 saturated carbocycles. The summed E-state index contributed by atoms with van der Waals surface area (Å²) in [6, 6.07) is 0. The zero-order chi connectivity index (χ0) is 17.4. The number of ether oxygens (including phenoxy) is 1. The van der Waals surface area contributed by atoms with E-state index in [1.807, 2.05) is 36.8 Å². The molecule has 0 aromatic carbocycles. The first-order valence-electron chi connectivity index (χ1n) is 7.97. The molecule has 0 amide bonds. The molecule has 0 fully saturated rings. The van der Waals surface area contributed by atoms with Gasteiger partial charge >= 0.3 is 5.97 Å². The van der Waals surface area contributed by atoms with Crippen LogP contribution in [0.25, 0.3) is 0 Å². The van der Waals surface area contributed by atoms with Crippen molar-refractivity contribution in [3.8, 4) is 0 Å². The monoisotopic (exact) mass is 451 g/mol. The van der Waals surface area contributed by atoms with E-state index < -0.39 is 0 Å². The maximum atomic E-state index is 11.2. The molecule has 0 radical (unpaired) electrons. The van der Waals surface area contributed by atoms with Gasteiger partial charge in [-0.25, -0.2) is 0 Å². The Kier molecular flexibility index (Phi) is 10.7. The molecule has 0 saturated heterocycles. The fraction of sp³-hybridized carbons (Fsp3) is 0.688. The zero-order valence-corrected chi connectivity index (χ0v) is 17.8. The van der Waals surface area contributed by atoms with Gasteiger partial charge in [0.1, 0.15) is 0 Å². The van der Waals surface area contributed by atoms with Crippen LogP contribution in [0.5, 0.6) is 0 Å². The number of rotatable bonds is 7. The van der Waals surface area contributed by atoms with Gasteiger partial charge in [-0.15, -0.1) is 24.0 Å². The van der Waals surface area contributed by atoms with Crippen molar-refractivity contribution in [3.63, 3.8) is 0 Å². The topological polar surface area (TPSA) is 71.8 Å². The van der Waals surface area contributed by atoms with Crippen molar-refractivity contribution in [3.05, 3.63) is 17.5 Å². The Balaban J connectivity index is 0.00000529. The standard InChI is InChI=1S/C16H29N5O2.HI/c1-7-17-16(18-9-8-14(22)23-6)20(4)10-13-11-21(5)19-15(13)12(2)3;/h11-12H,7-10H2,1-6H3,(H,17,18);1H. The molecule has 138 valence electrons. The van der Waals surface area contributed by atoms with Gasteiger partial charge in [-0.1, -0.05) is 13.8 Å². The minimum absolute atomic E-state index is 0. The molecule has 7 nitrogen and oxygen atoms in total. The highest BCUT2D eigenvalue weighted by molar-refractivity contribution is 14.0. The van der Waals surface area contributed by atoms with Gasteiger partial charge in [0.05, 0.1) is 25.8 Å². The molecular formula is C16H30IN5O2. The van der Waals surface area contributed by atoms with Crippen molar-refractivity contribution in [1.82, 2.24) is 20.0 Å².